The van der Waals surface area contributed by atoms with E-state index in [0.29, 0.717) is 17.1 Å². The topological polar surface area (TPSA) is 48.4 Å². The quantitative estimate of drug-likeness (QED) is 0.774. The summed E-state index contributed by atoms with van der Waals surface area (Å²) in [6.07, 6.45) is 3.97. The molecule has 0 aliphatic rings. The first-order valence-corrected chi connectivity index (χ1v) is 5.41. The second-order valence-electron chi connectivity index (χ2n) is 3.67. The summed E-state index contributed by atoms with van der Waals surface area (Å²) in [5.41, 5.74) is 2.18. The van der Waals surface area contributed by atoms with Gasteiger partial charge in [-0.2, -0.15) is 0 Å². The van der Waals surface area contributed by atoms with E-state index in [4.69, 9.17) is 9.47 Å². The van der Waals surface area contributed by atoms with E-state index in [2.05, 4.69) is 4.98 Å². The number of methoxy groups -OCH3 is 2. The predicted molar refractivity (Wildman–Crippen MR) is 68.2 cm³/mol. The van der Waals surface area contributed by atoms with Crippen molar-refractivity contribution in [3.05, 3.63) is 42.2 Å². The van der Waals surface area contributed by atoms with Gasteiger partial charge in [-0.3, -0.25) is 9.78 Å². The molecule has 92 valence electrons. The van der Waals surface area contributed by atoms with Gasteiger partial charge in [0.2, 0.25) is 0 Å². The predicted octanol–water partition coefficient (Wildman–Crippen LogP) is 2.58. The molecule has 2 rings (SSSR count). The van der Waals surface area contributed by atoms with Crippen LogP contribution in [-0.4, -0.2) is 25.5 Å². The maximum Gasteiger partial charge on any atom is 0.168 e. The Morgan fingerprint density at radius 2 is 2.00 bits per heavy atom. The molecule has 0 bridgehead atoms. The minimum absolute atomic E-state index is 0.525. The van der Waals surface area contributed by atoms with Gasteiger partial charge in [-0.05, 0) is 12.1 Å². The van der Waals surface area contributed by atoms with Gasteiger partial charge in [-0.1, -0.05) is 12.1 Å². The molecule has 1 aromatic heterocycles. The monoisotopic (exact) mass is 243 g/mol. The highest BCUT2D eigenvalue weighted by Crippen LogP contribution is 2.37. The Hall–Kier alpha value is -2.36. The van der Waals surface area contributed by atoms with Crippen LogP contribution >= 0.6 is 0 Å². The molecule has 0 saturated heterocycles. The fraction of sp³-hybridized carbons (Fsp3) is 0.143. The Balaban J connectivity index is 2.59. The van der Waals surface area contributed by atoms with Crippen LogP contribution in [0.3, 0.4) is 0 Å². The molecule has 0 spiro atoms. The lowest BCUT2D eigenvalue weighted by Gasteiger charge is -2.12. The molecule has 0 saturated carbocycles. The van der Waals surface area contributed by atoms with Crippen molar-refractivity contribution < 1.29 is 14.3 Å². The van der Waals surface area contributed by atoms with Crippen LogP contribution in [-0.2, 0) is 0 Å². The first-order chi connectivity index (χ1) is 8.80. The van der Waals surface area contributed by atoms with Crippen LogP contribution in [0.2, 0.25) is 0 Å². The number of aromatic nitrogens is 1. The zero-order valence-corrected chi connectivity index (χ0v) is 10.2. The van der Waals surface area contributed by atoms with Crippen molar-refractivity contribution in [3.8, 4) is 22.6 Å². The van der Waals surface area contributed by atoms with Crippen LogP contribution in [0.4, 0.5) is 0 Å². The van der Waals surface area contributed by atoms with Crippen molar-refractivity contribution in [1.29, 1.82) is 0 Å². The molecule has 0 aliphatic carbocycles. The van der Waals surface area contributed by atoms with Crippen LogP contribution in [0.1, 0.15) is 10.4 Å². The average Bonchev–Trinajstić information content (AvgIpc) is 2.46. The van der Waals surface area contributed by atoms with E-state index in [1.165, 1.54) is 6.20 Å². The van der Waals surface area contributed by atoms with Gasteiger partial charge in [0, 0.05) is 29.1 Å². The Morgan fingerprint density at radius 1 is 1.17 bits per heavy atom. The number of carbonyl (C=O) groups excluding carboxylic acids is 1. The fourth-order valence-electron chi connectivity index (χ4n) is 1.78. The number of aldehydes is 1. The number of hydrogen-bond donors (Lipinski definition) is 0. The maximum absolute atomic E-state index is 10.8. The van der Waals surface area contributed by atoms with Gasteiger partial charge >= 0.3 is 0 Å². The lowest BCUT2D eigenvalue weighted by atomic mass is 10.0. The third-order valence-corrected chi connectivity index (χ3v) is 2.61. The van der Waals surface area contributed by atoms with Gasteiger partial charge in [0.25, 0.3) is 0 Å². The van der Waals surface area contributed by atoms with Gasteiger partial charge < -0.3 is 9.47 Å². The highest BCUT2D eigenvalue weighted by molar-refractivity contribution is 5.80. The van der Waals surface area contributed by atoms with Crippen LogP contribution in [0.15, 0.2) is 36.7 Å². The molecular formula is C14H13NO3. The second kappa shape index (κ2) is 5.31. The zero-order chi connectivity index (χ0) is 13.0. The minimum atomic E-state index is 0.525. The van der Waals surface area contributed by atoms with E-state index in [1.54, 1.807) is 26.5 Å². The summed E-state index contributed by atoms with van der Waals surface area (Å²) >= 11 is 0. The average molecular weight is 243 g/mol. The summed E-state index contributed by atoms with van der Waals surface area (Å²) in [4.78, 5) is 14.8. The van der Waals surface area contributed by atoms with E-state index >= 15 is 0 Å². The smallest absolute Gasteiger partial charge is 0.168 e. The van der Waals surface area contributed by atoms with Gasteiger partial charge in [0.1, 0.15) is 0 Å². The molecule has 0 atom stereocenters. The lowest BCUT2D eigenvalue weighted by Crippen LogP contribution is -1.94. The zero-order valence-electron chi connectivity index (χ0n) is 10.2. The normalized spacial score (nSPS) is 9.89. The molecule has 0 N–H and O–H groups in total. The van der Waals surface area contributed by atoms with Gasteiger partial charge in [0.05, 0.1) is 14.2 Å². The van der Waals surface area contributed by atoms with Crippen molar-refractivity contribution in [2.24, 2.45) is 0 Å². The standard InChI is InChI=1S/C14H13NO3/c1-17-13-5-3-4-12(14(13)18-2)11-6-10(9-16)7-15-8-11/h3-9H,1-2H3. The molecule has 1 heterocycles. The maximum atomic E-state index is 10.8. The van der Waals surface area contributed by atoms with Gasteiger partial charge in [-0.25, -0.2) is 0 Å². The van der Waals surface area contributed by atoms with Crippen molar-refractivity contribution in [2.75, 3.05) is 14.2 Å². The van der Waals surface area contributed by atoms with Crippen LogP contribution in [0.5, 0.6) is 11.5 Å². The third-order valence-electron chi connectivity index (χ3n) is 2.61. The number of ether oxygens (including phenoxy) is 2. The summed E-state index contributed by atoms with van der Waals surface area (Å²) < 4.78 is 10.6. The molecule has 2 aromatic rings. The summed E-state index contributed by atoms with van der Waals surface area (Å²) in [6.45, 7) is 0. The Morgan fingerprint density at radius 3 is 2.67 bits per heavy atom. The molecular weight excluding hydrogens is 230 g/mol. The SMILES string of the molecule is COc1cccc(-c2cncc(C=O)c2)c1OC. The minimum Gasteiger partial charge on any atom is -0.493 e. The van der Waals surface area contributed by atoms with Crippen LogP contribution in [0.25, 0.3) is 11.1 Å². The van der Waals surface area contributed by atoms with Crippen LogP contribution < -0.4 is 9.47 Å². The van der Waals surface area contributed by atoms with Crippen molar-refractivity contribution in [2.45, 2.75) is 0 Å². The van der Waals surface area contributed by atoms with Crippen molar-refractivity contribution >= 4 is 6.29 Å². The van der Waals surface area contributed by atoms with E-state index in [0.717, 1.165) is 17.4 Å². The number of pyridine rings is 1. The Kier molecular flexibility index (Phi) is 3.57. The van der Waals surface area contributed by atoms with E-state index in [9.17, 15) is 4.79 Å². The van der Waals surface area contributed by atoms with E-state index in [1.807, 2.05) is 18.2 Å². The molecule has 0 unspecified atom stereocenters. The fourth-order valence-corrected chi connectivity index (χ4v) is 1.78. The van der Waals surface area contributed by atoms with Crippen molar-refractivity contribution in [3.63, 3.8) is 0 Å². The first-order valence-electron chi connectivity index (χ1n) is 5.41. The number of rotatable bonds is 4. The first kappa shape index (κ1) is 12.1. The summed E-state index contributed by atoms with van der Waals surface area (Å²) in [5, 5.41) is 0. The molecule has 0 radical (unpaired) electrons. The highest BCUT2D eigenvalue weighted by Gasteiger charge is 2.11. The second-order valence-corrected chi connectivity index (χ2v) is 3.67. The summed E-state index contributed by atoms with van der Waals surface area (Å²) in [7, 11) is 3.17. The van der Waals surface area contributed by atoms with E-state index in [-0.39, 0.29) is 0 Å². The highest BCUT2D eigenvalue weighted by atomic mass is 16.5. The summed E-state index contributed by atoms with van der Waals surface area (Å²) in [6, 6.07) is 7.34. The largest absolute Gasteiger partial charge is 0.493 e. The molecule has 0 aliphatic heterocycles. The third kappa shape index (κ3) is 2.18. The number of hydrogen-bond acceptors (Lipinski definition) is 4. The van der Waals surface area contributed by atoms with Gasteiger partial charge in [-0.15, -0.1) is 0 Å². The van der Waals surface area contributed by atoms with Crippen molar-refractivity contribution in [1.82, 2.24) is 4.98 Å². The number of nitrogens with zero attached hydrogens (tertiary/aromatic N) is 1. The van der Waals surface area contributed by atoms with E-state index < -0.39 is 0 Å². The molecule has 4 heteroatoms. The molecule has 0 fully saturated rings. The number of para-hydroxylation sites is 1. The van der Waals surface area contributed by atoms with Crippen LogP contribution in [0, 0.1) is 0 Å². The molecule has 4 nitrogen and oxygen atoms in total. The lowest BCUT2D eigenvalue weighted by molar-refractivity contribution is 0.112. The molecule has 0 amide bonds. The Labute approximate surface area is 105 Å². The molecule has 18 heavy (non-hydrogen) atoms. The Bertz CT molecular complexity index is 567. The number of benzene rings is 1. The number of carbonyl (C=O) groups is 1. The molecule has 1 aromatic carbocycles. The summed E-state index contributed by atoms with van der Waals surface area (Å²) in [5.74, 6) is 1.27. The van der Waals surface area contributed by atoms with Gasteiger partial charge in [0.15, 0.2) is 17.8 Å².